The van der Waals surface area contributed by atoms with E-state index in [1.54, 1.807) is 12.1 Å². The minimum absolute atomic E-state index is 0.0397. The van der Waals surface area contributed by atoms with Gasteiger partial charge in [-0.2, -0.15) is 0 Å². The van der Waals surface area contributed by atoms with Crippen molar-refractivity contribution in [2.75, 3.05) is 18.4 Å². The van der Waals surface area contributed by atoms with Gasteiger partial charge in [0.1, 0.15) is 0 Å². The zero-order chi connectivity index (χ0) is 18.0. The van der Waals surface area contributed by atoms with Gasteiger partial charge in [-0.3, -0.25) is 9.69 Å². The van der Waals surface area contributed by atoms with Gasteiger partial charge in [0.25, 0.3) is 0 Å². The van der Waals surface area contributed by atoms with E-state index in [2.05, 4.69) is 10.2 Å². The van der Waals surface area contributed by atoms with E-state index in [0.29, 0.717) is 5.69 Å². The van der Waals surface area contributed by atoms with E-state index in [9.17, 15) is 13.2 Å². The molecule has 25 heavy (non-hydrogen) atoms. The number of piperidine rings is 1. The zero-order valence-electron chi connectivity index (χ0n) is 14.6. The van der Waals surface area contributed by atoms with Crippen LogP contribution >= 0.6 is 0 Å². The molecule has 1 saturated carbocycles. The first kappa shape index (κ1) is 18.4. The first-order valence-electron chi connectivity index (χ1n) is 9.02. The van der Waals surface area contributed by atoms with Crippen molar-refractivity contribution in [3.63, 3.8) is 0 Å². The number of hydrogen-bond acceptors (Lipinski definition) is 4. The molecule has 0 spiro atoms. The summed E-state index contributed by atoms with van der Waals surface area (Å²) >= 11 is 0. The van der Waals surface area contributed by atoms with Crippen molar-refractivity contribution >= 4 is 21.6 Å². The van der Waals surface area contributed by atoms with Gasteiger partial charge in [-0.25, -0.2) is 13.6 Å². The summed E-state index contributed by atoms with van der Waals surface area (Å²) in [5.74, 6) is 1.51. The number of hydrogen-bond donors (Lipinski definition) is 2. The van der Waals surface area contributed by atoms with Crippen LogP contribution in [-0.2, 0) is 14.8 Å². The van der Waals surface area contributed by atoms with Crippen LogP contribution in [0.3, 0.4) is 0 Å². The molecule has 0 aromatic heterocycles. The van der Waals surface area contributed by atoms with Gasteiger partial charge in [0.2, 0.25) is 15.9 Å². The van der Waals surface area contributed by atoms with Gasteiger partial charge >= 0.3 is 0 Å². The topological polar surface area (TPSA) is 92.5 Å². The molecule has 138 valence electrons. The molecule has 7 heteroatoms. The van der Waals surface area contributed by atoms with Crippen molar-refractivity contribution in [3.8, 4) is 0 Å². The summed E-state index contributed by atoms with van der Waals surface area (Å²) in [7, 11) is -3.71. The molecule has 6 nitrogen and oxygen atoms in total. The smallest absolute Gasteiger partial charge is 0.241 e. The number of anilines is 1. The predicted molar refractivity (Wildman–Crippen MR) is 97.5 cm³/mol. The summed E-state index contributed by atoms with van der Waals surface area (Å²) in [5, 5.41) is 7.96. The number of nitrogens with zero attached hydrogens (tertiary/aromatic N) is 1. The van der Waals surface area contributed by atoms with Crippen LogP contribution in [0.15, 0.2) is 29.2 Å². The van der Waals surface area contributed by atoms with Crippen LogP contribution in [-0.4, -0.2) is 38.4 Å². The van der Waals surface area contributed by atoms with Crippen LogP contribution in [0, 0.1) is 11.8 Å². The second kappa shape index (κ2) is 7.43. The number of primary sulfonamides is 1. The first-order chi connectivity index (χ1) is 11.8. The maximum atomic E-state index is 12.6. The number of likely N-dealkylation sites (tertiary alicyclic amines) is 1. The molecule has 0 bridgehead atoms. The van der Waals surface area contributed by atoms with E-state index in [-0.39, 0.29) is 16.8 Å². The molecule has 3 N–H and O–H groups in total. The van der Waals surface area contributed by atoms with Gasteiger partial charge < -0.3 is 5.32 Å². The molecule has 2 aliphatic rings. The van der Waals surface area contributed by atoms with E-state index in [1.165, 1.54) is 44.2 Å². The molecule has 1 saturated heterocycles. The average molecular weight is 365 g/mol. The number of nitrogens with two attached hydrogens (primary N) is 1. The minimum atomic E-state index is -3.71. The third kappa shape index (κ3) is 4.40. The summed E-state index contributed by atoms with van der Waals surface area (Å²) in [5.41, 5.74) is 0.580. The van der Waals surface area contributed by atoms with Crippen molar-refractivity contribution in [1.29, 1.82) is 0 Å². The van der Waals surface area contributed by atoms with Crippen molar-refractivity contribution in [2.24, 2.45) is 17.0 Å². The molecule has 3 atom stereocenters. The lowest BCUT2D eigenvalue weighted by atomic mass is 9.75. The van der Waals surface area contributed by atoms with Crippen LogP contribution in [0.4, 0.5) is 5.69 Å². The van der Waals surface area contributed by atoms with Gasteiger partial charge in [0.05, 0.1) is 10.9 Å². The molecule has 1 heterocycles. The second-order valence-electron chi connectivity index (χ2n) is 7.32. The van der Waals surface area contributed by atoms with Crippen molar-refractivity contribution in [2.45, 2.75) is 50.0 Å². The molecular formula is C18H27N3O3S. The summed E-state index contributed by atoms with van der Waals surface area (Å²) in [6.45, 7) is 3.92. The number of nitrogens with one attached hydrogen (secondary N) is 1. The summed E-state index contributed by atoms with van der Waals surface area (Å²) in [6, 6.07) is 5.75. The predicted octanol–water partition coefficient (Wildman–Crippen LogP) is 2.17. The van der Waals surface area contributed by atoms with Crippen molar-refractivity contribution < 1.29 is 13.2 Å². The highest BCUT2D eigenvalue weighted by molar-refractivity contribution is 7.89. The Bertz CT molecular complexity index is 718. The number of fused-ring (bicyclic) bond motifs is 1. The SMILES string of the molecule is C[C@H](C(=O)Nc1ccc(S(N)(=O)=O)cc1)N1CC[C@@H]2CCCC[C@@H]2C1. The standard InChI is InChI=1S/C18H27N3O3S/c1-13(21-11-10-14-4-2-3-5-15(14)12-21)18(22)20-16-6-8-17(9-7-16)25(19,23)24/h6-9,13-15H,2-5,10-12H2,1H3,(H,20,22)(H2,19,23,24)/t13-,14+,15-/m1/s1. The number of rotatable bonds is 4. The third-order valence-corrected chi connectivity index (χ3v) is 6.63. The van der Waals surface area contributed by atoms with Gasteiger partial charge in [0, 0.05) is 12.2 Å². The quantitative estimate of drug-likeness (QED) is 0.855. The summed E-state index contributed by atoms with van der Waals surface area (Å²) in [4.78, 5) is 14.9. The van der Waals surface area contributed by atoms with E-state index < -0.39 is 10.0 Å². The summed E-state index contributed by atoms with van der Waals surface area (Å²) < 4.78 is 22.6. The van der Waals surface area contributed by atoms with Gasteiger partial charge in [-0.05, 0) is 62.4 Å². The molecule has 3 rings (SSSR count). The summed E-state index contributed by atoms with van der Waals surface area (Å²) in [6.07, 6.45) is 6.48. The van der Waals surface area contributed by atoms with E-state index in [4.69, 9.17) is 5.14 Å². The fraction of sp³-hybridized carbons (Fsp3) is 0.611. The van der Waals surface area contributed by atoms with Crippen molar-refractivity contribution in [3.05, 3.63) is 24.3 Å². The van der Waals surface area contributed by atoms with Gasteiger partial charge in [-0.1, -0.05) is 19.3 Å². The fourth-order valence-electron chi connectivity index (χ4n) is 4.12. The number of sulfonamides is 1. The van der Waals surface area contributed by atoms with E-state index >= 15 is 0 Å². The molecular weight excluding hydrogens is 338 g/mol. The lowest BCUT2D eigenvalue weighted by Gasteiger charge is -2.43. The average Bonchev–Trinajstić information content (AvgIpc) is 2.60. The zero-order valence-corrected chi connectivity index (χ0v) is 15.5. The Morgan fingerprint density at radius 1 is 1.16 bits per heavy atom. The second-order valence-corrected chi connectivity index (χ2v) is 8.88. The maximum Gasteiger partial charge on any atom is 0.241 e. The Hall–Kier alpha value is -1.44. The van der Waals surface area contributed by atoms with Crippen LogP contribution in [0.5, 0.6) is 0 Å². The Labute approximate surface area is 149 Å². The molecule has 1 aromatic rings. The highest BCUT2D eigenvalue weighted by Gasteiger charge is 2.34. The van der Waals surface area contributed by atoms with Crippen LogP contribution in [0.1, 0.15) is 39.0 Å². The lowest BCUT2D eigenvalue weighted by molar-refractivity contribution is -0.122. The Morgan fingerprint density at radius 3 is 2.44 bits per heavy atom. The number of benzene rings is 1. The highest BCUT2D eigenvalue weighted by Crippen LogP contribution is 2.36. The molecule has 1 aliphatic heterocycles. The molecule has 1 aromatic carbocycles. The maximum absolute atomic E-state index is 12.6. The molecule has 1 aliphatic carbocycles. The van der Waals surface area contributed by atoms with Gasteiger partial charge in [0.15, 0.2) is 0 Å². The van der Waals surface area contributed by atoms with Crippen LogP contribution in [0.2, 0.25) is 0 Å². The molecule has 0 radical (unpaired) electrons. The third-order valence-electron chi connectivity index (χ3n) is 5.70. The number of amides is 1. The largest absolute Gasteiger partial charge is 0.325 e. The highest BCUT2D eigenvalue weighted by atomic mass is 32.2. The monoisotopic (exact) mass is 365 g/mol. The first-order valence-corrected chi connectivity index (χ1v) is 10.6. The molecule has 2 fully saturated rings. The number of carbonyl (C=O) groups is 1. The lowest BCUT2D eigenvalue weighted by Crippen LogP contribution is -2.49. The fourth-order valence-corrected chi connectivity index (χ4v) is 4.64. The Kier molecular flexibility index (Phi) is 5.46. The molecule has 1 amide bonds. The Morgan fingerprint density at radius 2 is 1.80 bits per heavy atom. The Balaban J connectivity index is 1.59. The minimum Gasteiger partial charge on any atom is -0.325 e. The van der Waals surface area contributed by atoms with Crippen molar-refractivity contribution in [1.82, 2.24) is 4.90 Å². The normalized spacial score (nSPS) is 25.8. The van der Waals surface area contributed by atoms with Crippen LogP contribution < -0.4 is 10.5 Å². The van der Waals surface area contributed by atoms with E-state index in [0.717, 1.165) is 24.9 Å². The van der Waals surface area contributed by atoms with E-state index in [1.807, 2.05) is 6.92 Å². The van der Waals surface area contributed by atoms with Gasteiger partial charge in [-0.15, -0.1) is 0 Å². The van der Waals surface area contributed by atoms with Crippen LogP contribution in [0.25, 0.3) is 0 Å². The molecule has 0 unspecified atom stereocenters. The number of carbonyl (C=O) groups excluding carboxylic acids is 1.